The fourth-order valence-electron chi connectivity index (χ4n) is 4.92. The van der Waals surface area contributed by atoms with E-state index in [0.29, 0.717) is 47.7 Å². The molecular weight excluding hydrogens is 521 g/mol. The number of aryl methyl sites for hydroxylation is 1. The quantitative estimate of drug-likeness (QED) is 0.418. The molecule has 1 atom stereocenters. The number of ketones is 1. The zero-order chi connectivity index (χ0) is 28.6. The highest BCUT2D eigenvalue weighted by Gasteiger charge is 2.36. The van der Waals surface area contributed by atoms with Gasteiger partial charge in [0, 0.05) is 62.8 Å². The first kappa shape index (κ1) is 28.5. The summed E-state index contributed by atoms with van der Waals surface area (Å²) in [6.07, 6.45) is 2.49. The molecule has 1 aromatic heterocycles. The molecule has 0 spiro atoms. The third kappa shape index (κ3) is 6.73. The number of rotatable bonds is 7. The molecule has 5 rings (SSSR count). The molecule has 1 aliphatic heterocycles. The standard InChI is InChI=1S/C25H26FN3O3.C4H4O4/c1-31-21-9-5-4-8-20(21)29-14-12-28(13-15-29)16-17-10-11-22-23(25(17)30)24(27-32-22)18-6-2-3-7-19(18)26;5-3(6)1-2-4(7)8/h2-9,17H,10-16H2,1H3;1-2H,(H,5,6)(H,7,8)/b;2-1-. The van der Waals surface area contributed by atoms with Crippen LogP contribution in [-0.4, -0.2) is 77.8 Å². The number of benzene rings is 2. The van der Waals surface area contributed by atoms with E-state index in [-0.39, 0.29) is 11.7 Å². The number of Topliss-reactive ketones (excluding diaryl/α,β-unsaturated/α-hetero) is 1. The van der Waals surface area contributed by atoms with E-state index < -0.39 is 17.8 Å². The second-order valence-electron chi connectivity index (χ2n) is 9.38. The summed E-state index contributed by atoms with van der Waals surface area (Å²) in [5, 5.41) is 19.7. The second-order valence-corrected chi connectivity index (χ2v) is 9.38. The molecule has 0 bridgehead atoms. The number of halogens is 1. The van der Waals surface area contributed by atoms with Gasteiger partial charge in [-0.15, -0.1) is 0 Å². The largest absolute Gasteiger partial charge is 0.495 e. The van der Waals surface area contributed by atoms with Crippen molar-refractivity contribution in [2.45, 2.75) is 12.8 Å². The number of para-hydroxylation sites is 2. The molecule has 0 amide bonds. The van der Waals surface area contributed by atoms with E-state index in [2.05, 4.69) is 21.0 Å². The molecule has 1 unspecified atom stereocenters. The van der Waals surface area contributed by atoms with Crippen LogP contribution in [0, 0.1) is 11.7 Å². The summed E-state index contributed by atoms with van der Waals surface area (Å²) in [7, 11) is 1.69. The summed E-state index contributed by atoms with van der Waals surface area (Å²) >= 11 is 0. The molecule has 11 heteroatoms. The smallest absolute Gasteiger partial charge is 0.328 e. The highest BCUT2D eigenvalue weighted by atomic mass is 19.1. The number of aliphatic carboxylic acids is 2. The molecule has 1 saturated heterocycles. The first-order valence-corrected chi connectivity index (χ1v) is 12.8. The SMILES string of the molecule is COc1ccccc1N1CCN(CC2CCc3onc(-c4ccccc4F)c3C2=O)CC1.O=C(O)/C=C\C(=O)O. The highest BCUT2D eigenvalue weighted by molar-refractivity contribution is 6.04. The maximum Gasteiger partial charge on any atom is 0.328 e. The number of nitrogens with zero attached hydrogens (tertiary/aromatic N) is 3. The number of carbonyl (C=O) groups is 3. The lowest BCUT2D eigenvalue weighted by atomic mass is 9.84. The predicted octanol–water partition coefficient (Wildman–Crippen LogP) is 3.77. The van der Waals surface area contributed by atoms with Gasteiger partial charge in [-0.25, -0.2) is 14.0 Å². The number of hydrogen-bond acceptors (Lipinski definition) is 8. The lowest BCUT2D eigenvalue weighted by molar-refractivity contribution is -0.134. The number of carboxylic acids is 2. The summed E-state index contributed by atoms with van der Waals surface area (Å²) < 4.78 is 25.3. The Morgan fingerprint density at radius 3 is 2.35 bits per heavy atom. The molecule has 1 fully saturated rings. The number of hydrogen-bond donors (Lipinski definition) is 2. The minimum atomic E-state index is -1.26. The number of fused-ring (bicyclic) bond motifs is 1. The van der Waals surface area contributed by atoms with E-state index in [1.165, 1.54) is 6.07 Å². The Bertz CT molecular complexity index is 1380. The maximum atomic E-state index is 14.3. The summed E-state index contributed by atoms with van der Waals surface area (Å²) in [5.74, 6) is -1.58. The van der Waals surface area contributed by atoms with Crippen LogP contribution in [0.1, 0.15) is 22.5 Å². The van der Waals surface area contributed by atoms with E-state index >= 15 is 0 Å². The molecule has 40 heavy (non-hydrogen) atoms. The van der Waals surface area contributed by atoms with Crippen molar-refractivity contribution in [1.82, 2.24) is 10.1 Å². The van der Waals surface area contributed by atoms with Crippen LogP contribution in [0.5, 0.6) is 5.75 Å². The molecule has 1 aliphatic carbocycles. The first-order valence-electron chi connectivity index (χ1n) is 12.8. The van der Waals surface area contributed by atoms with Crippen LogP contribution < -0.4 is 9.64 Å². The van der Waals surface area contributed by atoms with E-state index in [1.54, 1.807) is 25.3 Å². The Kier molecular flexibility index (Phi) is 9.28. The van der Waals surface area contributed by atoms with Crippen molar-refractivity contribution in [3.63, 3.8) is 0 Å². The topological polar surface area (TPSA) is 133 Å². The summed E-state index contributed by atoms with van der Waals surface area (Å²) in [5.41, 5.74) is 2.21. The van der Waals surface area contributed by atoms with Crippen LogP contribution in [0.25, 0.3) is 11.3 Å². The maximum absolute atomic E-state index is 14.3. The molecule has 2 heterocycles. The zero-order valence-corrected chi connectivity index (χ0v) is 22.0. The van der Waals surface area contributed by atoms with Gasteiger partial charge in [-0.1, -0.05) is 29.4 Å². The Morgan fingerprint density at radius 2 is 1.70 bits per heavy atom. The summed E-state index contributed by atoms with van der Waals surface area (Å²) in [6, 6.07) is 14.4. The van der Waals surface area contributed by atoms with Crippen LogP contribution in [0.15, 0.2) is 65.2 Å². The zero-order valence-electron chi connectivity index (χ0n) is 22.0. The van der Waals surface area contributed by atoms with Crippen LogP contribution in [-0.2, 0) is 16.0 Å². The fraction of sp³-hybridized carbons (Fsp3) is 0.310. The Balaban J connectivity index is 0.000000406. The van der Waals surface area contributed by atoms with E-state index in [1.807, 2.05) is 18.2 Å². The Hall–Kier alpha value is -4.51. The van der Waals surface area contributed by atoms with Gasteiger partial charge in [0.05, 0.1) is 18.4 Å². The van der Waals surface area contributed by atoms with Crippen molar-refractivity contribution in [2.75, 3.05) is 44.7 Å². The number of ether oxygens (including phenoxy) is 1. The number of aromatic nitrogens is 1. The molecule has 10 nitrogen and oxygen atoms in total. The van der Waals surface area contributed by atoms with Gasteiger partial charge in [0.15, 0.2) is 5.78 Å². The number of methoxy groups -OCH3 is 1. The summed E-state index contributed by atoms with van der Waals surface area (Å²) in [6.45, 7) is 4.19. The molecule has 210 valence electrons. The van der Waals surface area contributed by atoms with Crippen molar-refractivity contribution >= 4 is 23.4 Å². The van der Waals surface area contributed by atoms with E-state index in [9.17, 15) is 18.8 Å². The van der Waals surface area contributed by atoms with Crippen LogP contribution in [0.4, 0.5) is 10.1 Å². The Morgan fingerprint density at radius 1 is 1.05 bits per heavy atom. The normalized spacial score (nSPS) is 17.2. The molecule has 0 saturated carbocycles. The highest BCUT2D eigenvalue weighted by Crippen LogP contribution is 2.35. The van der Waals surface area contributed by atoms with Crippen LogP contribution in [0.2, 0.25) is 0 Å². The minimum Gasteiger partial charge on any atom is -0.495 e. The second kappa shape index (κ2) is 13.0. The number of carbonyl (C=O) groups excluding carboxylic acids is 1. The van der Waals surface area contributed by atoms with E-state index in [0.717, 1.165) is 44.0 Å². The molecule has 2 aromatic carbocycles. The number of piperazine rings is 1. The Labute approximate surface area is 230 Å². The predicted molar refractivity (Wildman–Crippen MR) is 144 cm³/mol. The monoisotopic (exact) mass is 551 g/mol. The average molecular weight is 552 g/mol. The van der Waals surface area contributed by atoms with Crippen molar-refractivity contribution < 1.29 is 38.2 Å². The van der Waals surface area contributed by atoms with Crippen molar-refractivity contribution in [3.8, 4) is 17.0 Å². The van der Waals surface area contributed by atoms with Gasteiger partial charge in [0.1, 0.15) is 23.0 Å². The number of anilines is 1. The summed E-state index contributed by atoms with van der Waals surface area (Å²) in [4.78, 5) is 37.1. The van der Waals surface area contributed by atoms with Gasteiger partial charge >= 0.3 is 11.9 Å². The minimum absolute atomic E-state index is 0.0120. The van der Waals surface area contributed by atoms with Gasteiger partial charge in [-0.2, -0.15) is 0 Å². The molecular formula is C29H30FN3O7. The van der Waals surface area contributed by atoms with Crippen molar-refractivity contribution in [1.29, 1.82) is 0 Å². The van der Waals surface area contributed by atoms with Crippen LogP contribution >= 0.6 is 0 Å². The van der Waals surface area contributed by atoms with Gasteiger partial charge in [-0.05, 0) is 30.7 Å². The molecule has 2 N–H and O–H groups in total. The molecule has 0 radical (unpaired) electrons. The average Bonchev–Trinajstić information content (AvgIpc) is 3.39. The van der Waals surface area contributed by atoms with Crippen LogP contribution in [0.3, 0.4) is 0 Å². The first-order chi connectivity index (χ1) is 19.3. The van der Waals surface area contributed by atoms with Gasteiger partial charge < -0.3 is 24.4 Å². The number of carboxylic acid groups (broad SMARTS) is 2. The van der Waals surface area contributed by atoms with Gasteiger partial charge in [-0.3, -0.25) is 9.69 Å². The van der Waals surface area contributed by atoms with Gasteiger partial charge in [0.25, 0.3) is 0 Å². The van der Waals surface area contributed by atoms with Gasteiger partial charge in [0.2, 0.25) is 0 Å². The molecule has 2 aliphatic rings. The molecule has 3 aromatic rings. The third-order valence-electron chi connectivity index (χ3n) is 6.87. The lowest BCUT2D eigenvalue weighted by Gasteiger charge is -2.38. The van der Waals surface area contributed by atoms with Crippen molar-refractivity contribution in [3.05, 3.63) is 77.8 Å². The van der Waals surface area contributed by atoms with E-state index in [4.69, 9.17) is 19.5 Å². The lowest BCUT2D eigenvalue weighted by Crippen LogP contribution is -2.49. The fourth-order valence-corrected chi connectivity index (χ4v) is 4.92. The van der Waals surface area contributed by atoms with Crippen molar-refractivity contribution in [2.24, 2.45) is 5.92 Å². The third-order valence-corrected chi connectivity index (χ3v) is 6.87.